The minimum absolute atomic E-state index is 0.00166. The monoisotopic (exact) mass is 332 g/mol. The number of aryl methyl sites for hydroxylation is 1. The van der Waals surface area contributed by atoms with Gasteiger partial charge in [-0.3, -0.25) is 14.9 Å². The van der Waals surface area contributed by atoms with Gasteiger partial charge >= 0.3 is 0 Å². The smallest absolute Gasteiger partial charge is 0.269 e. The van der Waals surface area contributed by atoms with E-state index in [-0.39, 0.29) is 11.6 Å². The van der Waals surface area contributed by atoms with Crippen LogP contribution in [0.4, 0.5) is 11.4 Å². The highest BCUT2D eigenvalue weighted by molar-refractivity contribution is 6.04. The first-order valence-electron chi connectivity index (χ1n) is 7.76. The first kappa shape index (κ1) is 16.4. The van der Waals surface area contributed by atoms with Crippen LogP contribution in [0.5, 0.6) is 0 Å². The predicted molar refractivity (Wildman–Crippen MR) is 99.4 cm³/mol. The molecule has 3 aromatic rings. The van der Waals surface area contributed by atoms with Gasteiger partial charge in [-0.1, -0.05) is 42.5 Å². The average molecular weight is 332 g/mol. The fourth-order valence-corrected chi connectivity index (χ4v) is 2.64. The lowest BCUT2D eigenvalue weighted by Gasteiger charge is -2.06. The number of nitro groups is 1. The molecule has 3 aromatic carbocycles. The van der Waals surface area contributed by atoms with Crippen molar-refractivity contribution >= 4 is 34.1 Å². The van der Waals surface area contributed by atoms with E-state index < -0.39 is 4.92 Å². The van der Waals surface area contributed by atoms with Gasteiger partial charge in [-0.2, -0.15) is 0 Å². The molecule has 0 heterocycles. The van der Waals surface area contributed by atoms with Crippen molar-refractivity contribution in [2.45, 2.75) is 6.92 Å². The molecule has 5 heteroatoms. The second kappa shape index (κ2) is 6.97. The Balaban J connectivity index is 1.78. The number of hydrogen-bond acceptors (Lipinski definition) is 3. The zero-order valence-electron chi connectivity index (χ0n) is 13.6. The Morgan fingerprint density at radius 2 is 1.84 bits per heavy atom. The number of carbonyl (C=O) groups excluding carboxylic acids is 1. The molecule has 0 aliphatic heterocycles. The van der Waals surface area contributed by atoms with Gasteiger partial charge in [0.25, 0.3) is 5.69 Å². The van der Waals surface area contributed by atoms with Gasteiger partial charge < -0.3 is 5.32 Å². The van der Waals surface area contributed by atoms with Crippen LogP contribution in [0.25, 0.3) is 16.8 Å². The maximum Gasteiger partial charge on any atom is 0.269 e. The molecule has 0 spiro atoms. The lowest BCUT2D eigenvalue weighted by molar-refractivity contribution is -0.384. The third-order valence-electron chi connectivity index (χ3n) is 3.92. The van der Waals surface area contributed by atoms with Gasteiger partial charge in [0.15, 0.2) is 0 Å². The van der Waals surface area contributed by atoms with Crippen molar-refractivity contribution in [1.82, 2.24) is 0 Å². The van der Waals surface area contributed by atoms with Crippen molar-refractivity contribution in [3.05, 3.63) is 88.0 Å². The first-order valence-corrected chi connectivity index (χ1v) is 7.76. The molecular formula is C20H16N2O3. The van der Waals surface area contributed by atoms with Crippen molar-refractivity contribution in [2.75, 3.05) is 5.32 Å². The van der Waals surface area contributed by atoms with Gasteiger partial charge in [-0.05, 0) is 41.0 Å². The second-order valence-corrected chi connectivity index (χ2v) is 5.65. The Morgan fingerprint density at radius 3 is 2.60 bits per heavy atom. The molecule has 0 bridgehead atoms. The topological polar surface area (TPSA) is 72.2 Å². The van der Waals surface area contributed by atoms with Crippen LogP contribution in [0.3, 0.4) is 0 Å². The first-order chi connectivity index (χ1) is 12.0. The van der Waals surface area contributed by atoms with E-state index in [1.54, 1.807) is 13.0 Å². The van der Waals surface area contributed by atoms with E-state index in [9.17, 15) is 14.9 Å². The third-order valence-corrected chi connectivity index (χ3v) is 3.92. The van der Waals surface area contributed by atoms with Crippen LogP contribution in [0.15, 0.2) is 66.7 Å². The normalized spacial score (nSPS) is 10.9. The molecule has 5 nitrogen and oxygen atoms in total. The van der Waals surface area contributed by atoms with Crippen LogP contribution >= 0.6 is 0 Å². The molecule has 0 atom stereocenters. The average Bonchev–Trinajstić information content (AvgIpc) is 2.61. The summed E-state index contributed by atoms with van der Waals surface area (Å²) in [5, 5.41) is 15.7. The summed E-state index contributed by atoms with van der Waals surface area (Å²) in [4.78, 5) is 22.5. The highest BCUT2D eigenvalue weighted by atomic mass is 16.6. The number of nitrogens with one attached hydrogen (secondary N) is 1. The molecule has 0 aliphatic rings. The lowest BCUT2D eigenvalue weighted by Crippen LogP contribution is -2.09. The number of fused-ring (bicyclic) bond motifs is 1. The van der Waals surface area contributed by atoms with Crippen LogP contribution in [0.1, 0.15) is 11.1 Å². The fourth-order valence-electron chi connectivity index (χ4n) is 2.64. The van der Waals surface area contributed by atoms with E-state index in [0.717, 1.165) is 16.3 Å². The minimum atomic E-state index is -0.459. The molecule has 3 rings (SSSR count). The van der Waals surface area contributed by atoms with Crippen molar-refractivity contribution in [1.29, 1.82) is 0 Å². The van der Waals surface area contributed by atoms with E-state index in [1.165, 1.54) is 24.3 Å². The molecular weight excluding hydrogens is 316 g/mol. The van der Waals surface area contributed by atoms with Crippen molar-refractivity contribution in [3.63, 3.8) is 0 Å². The van der Waals surface area contributed by atoms with E-state index in [4.69, 9.17) is 0 Å². The number of rotatable bonds is 4. The molecule has 0 aliphatic carbocycles. The maximum absolute atomic E-state index is 12.2. The molecule has 0 saturated carbocycles. The van der Waals surface area contributed by atoms with Gasteiger partial charge in [-0.25, -0.2) is 0 Å². The van der Waals surface area contributed by atoms with E-state index >= 15 is 0 Å². The van der Waals surface area contributed by atoms with Crippen molar-refractivity contribution in [2.24, 2.45) is 0 Å². The molecule has 0 unspecified atom stereocenters. The van der Waals surface area contributed by atoms with Gasteiger partial charge in [0.2, 0.25) is 5.91 Å². The SMILES string of the molecule is Cc1cc([N+](=O)[O-])ccc1NC(=O)C=Cc1cccc2ccccc12. The molecule has 1 amide bonds. The van der Waals surface area contributed by atoms with Crippen LogP contribution in [0.2, 0.25) is 0 Å². The summed E-state index contributed by atoms with van der Waals surface area (Å²) in [7, 11) is 0. The zero-order chi connectivity index (χ0) is 17.8. The van der Waals surface area contributed by atoms with Gasteiger partial charge in [0.1, 0.15) is 0 Å². The molecule has 1 N–H and O–H groups in total. The number of carbonyl (C=O) groups is 1. The fraction of sp³-hybridized carbons (Fsp3) is 0.0500. The summed E-state index contributed by atoms with van der Waals surface area (Å²) >= 11 is 0. The number of nitrogens with zero attached hydrogens (tertiary/aromatic N) is 1. The van der Waals surface area contributed by atoms with E-state index in [1.807, 2.05) is 42.5 Å². The molecule has 0 aromatic heterocycles. The molecule has 0 saturated heterocycles. The molecule has 25 heavy (non-hydrogen) atoms. The Labute approximate surface area is 144 Å². The standard InChI is InChI=1S/C20H16N2O3/c1-14-13-17(22(24)25)10-11-19(14)21-20(23)12-9-16-7-4-6-15-5-2-3-8-18(15)16/h2-13H,1H3,(H,21,23). The Hall–Kier alpha value is -3.47. The predicted octanol–water partition coefficient (Wildman–Crippen LogP) is 4.71. The summed E-state index contributed by atoms with van der Waals surface area (Å²) < 4.78 is 0. The Morgan fingerprint density at radius 1 is 1.08 bits per heavy atom. The van der Waals surface area contributed by atoms with E-state index in [2.05, 4.69) is 5.32 Å². The minimum Gasteiger partial charge on any atom is -0.322 e. The number of non-ortho nitro benzene ring substituents is 1. The number of amides is 1. The highest BCUT2D eigenvalue weighted by Crippen LogP contribution is 2.22. The quantitative estimate of drug-likeness (QED) is 0.427. The van der Waals surface area contributed by atoms with Crippen molar-refractivity contribution < 1.29 is 9.72 Å². The van der Waals surface area contributed by atoms with Crippen LogP contribution < -0.4 is 5.32 Å². The summed E-state index contributed by atoms with van der Waals surface area (Å²) in [6.07, 6.45) is 3.22. The highest BCUT2D eigenvalue weighted by Gasteiger charge is 2.09. The summed E-state index contributed by atoms with van der Waals surface area (Å²) in [6, 6.07) is 18.2. The van der Waals surface area contributed by atoms with Crippen LogP contribution in [-0.4, -0.2) is 10.8 Å². The third kappa shape index (κ3) is 3.72. The summed E-state index contributed by atoms with van der Waals surface area (Å²) in [5.74, 6) is -0.287. The Kier molecular flexibility index (Phi) is 4.57. The second-order valence-electron chi connectivity index (χ2n) is 5.65. The van der Waals surface area contributed by atoms with Crippen LogP contribution in [0, 0.1) is 17.0 Å². The van der Waals surface area contributed by atoms with Gasteiger partial charge in [0.05, 0.1) is 4.92 Å². The summed E-state index contributed by atoms with van der Waals surface area (Å²) in [6.45, 7) is 1.72. The van der Waals surface area contributed by atoms with Gasteiger partial charge in [-0.15, -0.1) is 0 Å². The number of benzene rings is 3. The zero-order valence-corrected chi connectivity index (χ0v) is 13.6. The van der Waals surface area contributed by atoms with Gasteiger partial charge in [0, 0.05) is 23.9 Å². The largest absolute Gasteiger partial charge is 0.322 e. The van der Waals surface area contributed by atoms with Crippen molar-refractivity contribution in [3.8, 4) is 0 Å². The van der Waals surface area contributed by atoms with Crippen LogP contribution in [-0.2, 0) is 4.79 Å². The Bertz CT molecular complexity index is 988. The molecule has 0 radical (unpaired) electrons. The number of nitro benzene ring substituents is 1. The maximum atomic E-state index is 12.2. The number of hydrogen-bond donors (Lipinski definition) is 1. The number of anilines is 1. The van der Waals surface area contributed by atoms with E-state index in [0.29, 0.717) is 11.3 Å². The summed E-state index contributed by atoms with van der Waals surface area (Å²) in [5.41, 5.74) is 2.15. The lowest BCUT2D eigenvalue weighted by atomic mass is 10.0. The molecule has 124 valence electrons. The molecule has 0 fully saturated rings.